The number of benzene rings is 1. The summed E-state index contributed by atoms with van der Waals surface area (Å²) in [6, 6.07) is 5.70. The van der Waals surface area contributed by atoms with Gasteiger partial charge in [-0.3, -0.25) is 0 Å². The Kier molecular flexibility index (Phi) is 4.12. The molecule has 0 heterocycles. The first-order valence-electron chi connectivity index (χ1n) is 6.05. The molecular weight excluding hydrogens is 199 g/mol. The number of halogens is 1. The third-order valence-electron chi connectivity index (χ3n) is 2.48. The molecule has 90 valence electrons. The lowest BCUT2D eigenvalue weighted by molar-refractivity contribution is 0.402. The molecule has 0 radical (unpaired) electrons. The van der Waals surface area contributed by atoms with E-state index in [1.54, 1.807) is 6.07 Å². The third-order valence-corrected chi connectivity index (χ3v) is 2.48. The molecule has 0 aromatic heterocycles. The van der Waals surface area contributed by atoms with Gasteiger partial charge in [-0.05, 0) is 41.4 Å². The highest BCUT2D eigenvalue weighted by Gasteiger charge is 2.14. The minimum absolute atomic E-state index is 0.0481. The van der Waals surface area contributed by atoms with Crippen molar-refractivity contribution < 1.29 is 4.39 Å². The normalized spacial score (nSPS) is 12.2. The van der Waals surface area contributed by atoms with Crippen LogP contribution in [0.2, 0.25) is 0 Å². The molecule has 0 nitrogen and oxygen atoms in total. The van der Waals surface area contributed by atoms with Crippen LogP contribution in [-0.4, -0.2) is 0 Å². The van der Waals surface area contributed by atoms with Crippen LogP contribution in [0.3, 0.4) is 0 Å². The highest BCUT2D eigenvalue weighted by molar-refractivity contribution is 5.25. The Morgan fingerprint density at radius 1 is 1.19 bits per heavy atom. The largest absolute Gasteiger partial charge is 0.207 e. The third kappa shape index (κ3) is 4.34. The van der Waals surface area contributed by atoms with Gasteiger partial charge < -0.3 is 0 Å². The molecule has 0 unspecified atom stereocenters. The van der Waals surface area contributed by atoms with Crippen molar-refractivity contribution in [3.8, 4) is 0 Å². The first-order chi connectivity index (χ1) is 7.28. The van der Waals surface area contributed by atoms with Gasteiger partial charge in [0.2, 0.25) is 0 Å². The van der Waals surface area contributed by atoms with E-state index >= 15 is 0 Å². The highest BCUT2D eigenvalue weighted by atomic mass is 19.1. The zero-order valence-electron chi connectivity index (χ0n) is 11.1. The molecule has 0 aliphatic heterocycles. The van der Waals surface area contributed by atoms with E-state index in [0.29, 0.717) is 5.92 Å². The Hall–Kier alpha value is -0.850. The van der Waals surface area contributed by atoms with Crippen molar-refractivity contribution >= 4 is 0 Å². The van der Waals surface area contributed by atoms with Crippen molar-refractivity contribution in [1.29, 1.82) is 0 Å². The van der Waals surface area contributed by atoms with E-state index in [-0.39, 0.29) is 11.2 Å². The monoisotopic (exact) mass is 222 g/mol. The second-order valence-electron chi connectivity index (χ2n) is 6.26. The van der Waals surface area contributed by atoms with Crippen LogP contribution in [0.4, 0.5) is 4.39 Å². The summed E-state index contributed by atoms with van der Waals surface area (Å²) in [5.41, 5.74) is 2.07. The second-order valence-corrected chi connectivity index (χ2v) is 6.26. The summed E-state index contributed by atoms with van der Waals surface area (Å²) < 4.78 is 13.8. The maximum absolute atomic E-state index is 13.8. The van der Waals surface area contributed by atoms with Gasteiger partial charge in [0.1, 0.15) is 5.82 Å². The van der Waals surface area contributed by atoms with Crippen molar-refractivity contribution in [3.63, 3.8) is 0 Å². The molecule has 0 aliphatic carbocycles. The van der Waals surface area contributed by atoms with Crippen LogP contribution in [-0.2, 0) is 12.8 Å². The van der Waals surface area contributed by atoms with Gasteiger partial charge >= 0.3 is 0 Å². The molecule has 0 atom stereocenters. The quantitative estimate of drug-likeness (QED) is 0.700. The summed E-state index contributed by atoms with van der Waals surface area (Å²) in [6.45, 7) is 10.7. The van der Waals surface area contributed by atoms with Crippen LogP contribution < -0.4 is 0 Å². The van der Waals surface area contributed by atoms with E-state index < -0.39 is 0 Å². The van der Waals surface area contributed by atoms with E-state index in [2.05, 4.69) is 40.7 Å². The molecule has 0 bridgehead atoms. The van der Waals surface area contributed by atoms with Crippen molar-refractivity contribution in [2.24, 2.45) is 11.3 Å². The maximum Gasteiger partial charge on any atom is 0.126 e. The van der Waals surface area contributed by atoms with Crippen molar-refractivity contribution in [1.82, 2.24) is 0 Å². The Bertz CT molecular complexity index is 345. The van der Waals surface area contributed by atoms with Gasteiger partial charge in [-0.2, -0.15) is 0 Å². The first-order valence-corrected chi connectivity index (χ1v) is 6.05. The molecule has 1 rings (SSSR count). The summed E-state index contributed by atoms with van der Waals surface area (Å²) in [7, 11) is 0. The summed E-state index contributed by atoms with van der Waals surface area (Å²) in [5, 5.41) is 0. The maximum atomic E-state index is 13.8. The molecule has 16 heavy (non-hydrogen) atoms. The van der Waals surface area contributed by atoms with Crippen molar-refractivity contribution in [2.45, 2.75) is 47.5 Å². The van der Waals surface area contributed by atoms with Crippen LogP contribution in [0.1, 0.15) is 45.7 Å². The SMILES string of the molecule is CC(C)Cc1ccc(CC(C)(C)C)c(F)c1. The fourth-order valence-corrected chi connectivity index (χ4v) is 1.90. The molecule has 0 aliphatic rings. The van der Waals surface area contributed by atoms with Gasteiger partial charge in [0.15, 0.2) is 0 Å². The Labute approximate surface area is 98.9 Å². The fourth-order valence-electron chi connectivity index (χ4n) is 1.90. The Morgan fingerprint density at radius 2 is 1.81 bits per heavy atom. The standard InChI is InChI=1S/C15H23F/c1-11(2)8-12-6-7-13(14(16)9-12)10-15(3,4)5/h6-7,9,11H,8,10H2,1-5H3. The lowest BCUT2D eigenvalue weighted by Crippen LogP contribution is -2.10. The molecule has 0 saturated carbocycles. The van der Waals surface area contributed by atoms with E-state index in [1.165, 1.54) is 0 Å². The Morgan fingerprint density at radius 3 is 2.25 bits per heavy atom. The van der Waals surface area contributed by atoms with Gasteiger partial charge in [-0.15, -0.1) is 0 Å². The van der Waals surface area contributed by atoms with Crippen LogP contribution in [0.5, 0.6) is 0 Å². The first kappa shape index (κ1) is 13.2. The molecule has 1 heteroatoms. The number of hydrogen-bond donors (Lipinski definition) is 0. The number of hydrogen-bond acceptors (Lipinski definition) is 0. The Balaban J connectivity index is 2.83. The topological polar surface area (TPSA) is 0 Å². The number of rotatable bonds is 3. The molecule has 1 aromatic rings. The summed E-state index contributed by atoms with van der Waals surface area (Å²) >= 11 is 0. The van der Waals surface area contributed by atoms with E-state index in [0.717, 1.165) is 24.0 Å². The zero-order chi connectivity index (χ0) is 12.3. The minimum atomic E-state index is -0.0481. The predicted octanol–water partition coefficient (Wildman–Crippen LogP) is 4.61. The molecule has 0 amide bonds. The molecule has 0 saturated heterocycles. The summed E-state index contributed by atoms with van der Waals surface area (Å²) in [6.07, 6.45) is 1.74. The second kappa shape index (κ2) is 4.99. The summed E-state index contributed by atoms with van der Waals surface area (Å²) in [5.74, 6) is 0.529. The van der Waals surface area contributed by atoms with Crippen molar-refractivity contribution in [2.75, 3.05) is 0 Å². The van der Waals surface area contributed by atoms with Crippen LogP contribution >= 0.6 is 0 Å². The fraction of sp³-hybridized carbons (Fsp3) is 0.600. The lowest BCUT2D eigenvalue weighted by atomic mass is 9.87. The highest BCUT2D eigenvalue weighted by Crippen LogP contribution is 2.23. The van der Waals surface area contributed by atoms with Crippen LogP contribution in [0.15, 0.2) is 18.2 Å². The van der Waals surface area contributed by atoms with E-state index in [9.17, 15) is 4.39 Å². The molecule has 0 N–H and O–H groups in total. The molecule has 0 fully saturated rings. The van der Waals surface area contributed by atoms with Crippen LogP contribution in [0.25, 0.3) is 0 Å². The molecule has 1 aromatic carbocycles. The average Bonchev–Trinajstić information content (AvgIpc) is 2.06. The van der Waals surface area contributed by atoms with Gasteiger partial charge in [-0.25, -0.2) is 4.39 Å². The van der Waals surface area contributed by atoms with Crippen molar-refractivity contribution in [3.05, 3.63) is 35.1 Å². The van der Waals surface area contributed by atoms with E-state index in [1.807, 2.05) is 6.07 Å². The average molecular weight is 222 g/mol. The lowest BCUT2D eigenvalue weighted by Gasteiger charge is -2.19. The minimum Gasteiger partial charge on any atom is -0.207 e. The zero-order valence-corrected chi connectivity index (χ0v) is 11.1. The van der Waals surface area contributed by atoms with Crippen LogP contribution in [0, 0.1) is 17.2 Å². The van der Waals surface area contributed by atoms with E-state index in [4.69, 9.17) is 0 Å². The smallest absolute Gasteiger partial charge is 0.126 e. The van der Waals surface area contributed by atoms with Gasteiger partial charge in [0.25, 0.3) is 0 Å². The van der Waals surface area contributed by atoms with Gasteiger partial charge in [0.05, 0.1) is 0 Å². The predicted molar refractivity (Wildman–Crippen MR) is 68.1 cm³/mol. The molecule has 0 spiro atoms. The summed E-state index contributed by atoms with van der Waals surface area (Å²) in [4.78, 5) is 0. The van der Waals surface area contributed by atoms with Gasteiger partial charge in [-0.1, -0.05) is 46.8 Å². The van der Waals surface area contributed by atoms with Gasteiger partial charge in [0, 0.05) is 0 Å². The molecular formula is C15H23F.